The van der Waals surface area contributed by atoms with Gasteiger partial charge in [0.05, 0.1) is 11.8 Å². The second-order valence-electron chi connectivity index (χ2n) is 9.10. The van der Waals surface area contributed by atoms with Gasteiger partial charge in [-0.2, -0.15) is 20.4 Å². The first-order chi connectivity index (χ1) is 16.1. The summed E-state index contributed by atoms with van der Waals surface area (Å²) in [5, 5.41) is 27.7. The first-order valence-corrected chi connectivity index (χ1v) is 11.6. The van der Waals surface area contributed by atoms with Gasteiger partial charge in [-0.05, 0) is 38.7 Å². The molecular formula is C23H30N10. The molecule has 0 aromatic carbocycles. The van der Waals surface area contributed by atoms with Crippen LogP contribution in [0.2, 0.25) is 0 Å². The van der Waals surface area contributed by atoms with E-state index in [9.17, 15) is 0 Å². The predicted octanol–water partition coefficient (Wildman–Crippen LogP) is 3.36. The van der Waals surface area contributed by atoms with E-state index in [0.717, 1.165) is 36.5 Å². The number of aryl methyl sites for hydroxylation is 2. The van der Waals surface area contributed by atoms with Crippen molar-refractivity contribution in [3.8, 4) is 17.5 Å². The summed E-state index contributed by atoms with van der Waals surface area (Å²) in [7, 11) is 1.90. The number of piperidine rings is 2. The fraction of sp³-hybridized carbons (Fsp3) is 0.522. The number of H-pyrrole nitrogens is 1. The lowest BCUT2D eigenvalue weighted by atomic mass is 9.81. The number of rotatable bonds is 7. The lowest BCUT2D eigenvalue weighted by molar-refractivity contribution is 0.0369. The molecule has 0 amide bonds. The molecule has 5 rings (SSSR count). The number of hydrogen-bond acceptors (Lipinski definition) is 8. The molecule has 0 spiro atoms. The zero-order valence-corrected chi connectivity index (χ0v) is 19.1. The van der Waals surface area contributed by atoms with E-state index in [4.69, 9.17) is 15.2 Å². The maximum absolute atomic E-state index is 9.04. The minimum absolute atomic E-state index is 0.304. The first kappa shape index (κ1) is 21.4. The molecule has 33 heavy (non-hydrogen) atoms. The van der Waals surface area contributed by atoms with Crippen LogP contribution in [0.25, 0.3) is 11.4 Å². The second-order valence-corrected chi connectivity index (χ2v) is 9.10. The van der Waals surface area contributed by atoms with Crippen LogP contribution in [0.15, 0.2) is 24.4 Å². The van der Waals surface area contributed by atoms with Crippen molar-refractivity contribution in [2.45, 2.75) is 63.6 Å². The van der Waals surface area contributed by atoms with Crippen molar-refractivity contribution in [2.24, 2.45) is 7.05 Å². The third kappa shape index (κ3) is 4.83. The van der Waals surface area contributed by atoms with Crippen LogP contribution in [-0.2, 0) is 7.05 Å². The van der Waals surface area contributed by atoms with Crippen molar-refractivity contribution in [2.75, 3.05) is 17.2 Å². The molecule has 3 N–H and O–H groups in total. The molecule has 3 aromatic heterocycles. The average molecular weight is 447 g/mol. The number of aromatic nitrogens is 6. The fourth-order valence-corrected chi connectivity index (χ4v) is 5.20. The first-order valence-electron chi connectivity index (χ1n) is 11.6. The van der Waals surface area contributed by atoms with Crippen molar-refractivity contribution < 1.29 is 0 Å². The fourth-order valence-electron chi connectivity index (χ4n) is 5.20. The molecule has 10 heteroatoms. The van der Waals surface area contributed by atoms with Gasteiger partial charge >= 0.3 is 0 Å². The molecule has 0 aliphatic carbocycles. The van der Waals surface area contributed by atoms with Crippen molar-refractivity contribution in [3.05, 3.63) is 30.1 Å². The van der Waals surface area contributed by atoms with Crippen LogP contribution in [-0.4, -0.2) is 59.5 Å². The molecule has 3 atom stereocenters. The second kappa shape index (κ2) is 9.19. The van der Waals surface area contributed by atoms with Gasteiger partial charge in [0.2, 0.25) is 5.95 Å². The van der Waals surface area contributed by atoms with Gasteiger partial charge in [-0.1, -0.05) is 6.42 Å². The number of aromatic amines is 1. The van der Waals surface area contributed by atoms with Crippen LogP contribution in [0, 0.1) is 18.3 Å². The van der Waals surface area contributed by atoms with Gasteiger partial charge in [0.25, 0.3) is 0 Å². The third-order valence-corrected chi connectivity index (χ3v) is 6.61. The van der Waals surface area contributed by atoms with E-state index >= 15 is 0 Å². The largest absolute Gasteiger partial charge is 0.351 e. The molecule has 2 aliphatic rings. The molecule has 2 fully saturated rings. The molecule has 1 unspecified atom stereocenters. The van der Waals surface area contributed by atoms with Crippen LogP contribution in [0.4, 0.5) is 17.6 Å². The molecule has 10 nitrogen and oxygen atoms in total. The summed E-state index contributed by atoms with van der Waals surface area (Å²) in [6.07, 6.45) is 8.25. The summed E-state index contributed by atoms with van der Waals surface area (Å²) in [6, 6.07) is 9.44. The van der Waals surface area contributed by atoms with E-state index in [0.29, 0.717) is 42.1 Å². The monoisotopic (exact) mass is 446 g/mol. The van der Waals surface area contributed by atoms with Gasteiger partial charge in [-0.15, -0.1) is 0 Å². The highest BCUT2D eigenvalue weighted by atomic mass is 15.3. The van der Waals surface area contributed by atoms with Crippen LogP contribution < -0.4 is 10.6 Å². The number of nitrogens with one attached hydrogen (secondary N) is 3. The molecule has 0 saturated carbocycles. The highest BCUT2D eigenvalue weighted by Crippen LogP contribution is 2.35. The number of nitrogens with zero attached hydrogens (tertiary/aromatic N) is 7. The molecule has 0 radical (unpaired) electrons. The third-order valence-electron chi connectivity index (χ3n) is 6.61. The van der Waals surface area contributed by atoms with Crippen LogP contribution in [0.3, 0.4) is 0 Å². The Morgan fingerprint density at radius 3 is 2.64 bits per heavy atom. The highest BCUT2D eigenvalue weighted by Gasteiger charge is 2.38. The molecule has 2 bridgehead atoms. The summed E-state index contributed by atoms with van der Waals surface area (Å²) < 4.78 is 1.77. The van der Waals surface area contributed by atoms with Crippen LogP contribution in [0.5, 0.6) is 0 Å². The number of hydrogen-bond donors (Lipinski definition) is 3. The zero-order valence-electron chi connectivity index (χ0n) is 19.1. The summed E-state index contributed by atoms with van der Waals surface area (Å²) in [4.78, 5) is 12.1. The summed E-state index contributed by atoms with van der Waals surface area (Å²) in [5.74, 6) is 1.98. The Balaban J connectivity index is 1.38. The molecule has 2 aliphatic heterocycles. The van der Waals surface area contributed by atoms with E-state index in [1.165, 1.54) is 19.3 Å². The minimum atomic E-state index is 0.304. The normalized spacial score (nSPS) is 22.6. The van der Waals surface area contributed by atoms with Gasteiger partial charge in [0.15, 0.2) is 5.82 Å². The van der Waals surface area contributed by atoms with Gasteiger partial charge in [0.1, 0.15) is 11.5 Å². The van der Waals surface area contributed by atoms with Crippen molar-refractivity contribution in [1.82, 2.24) is 34.8 Å². The Morgan fingerprint density at radius 2 is 1.97 bits per heavy atom. The zero-order chi connectivity index (χ0) is 22.8. The molecule has 172 valence electrons. The van der Waals surface area contributed by atoms with E-state index in [1.54, 1.807) is 4.68 Å². The SMILES string of the molecule is Cc1cc(Nc2cc(-c3ccn(C)n3)nc(NC3C[C@H]4CCC[C@@H](C3)N4CCC#N)n2)n[nH]1. The van der Waals surface area contributed by atoms with Gasteiger partial charge in [0, 0.05) is 62.2 Å². The Hall–Kier alpha value is -3.45. The van der Waals surface area contributed by atoms with Crippen molar-refractivity contribution >= 4 is 17.6 Å². The van der Waals surface area contributed by atoms with Gasteiger partial charge < -0.3 is 10.6 Å². The molecule has 5 heterocycles. The lowest BCUT2D eigenvalue weighted by Crippen LogP contribution is -2.55. The van der Waals surface area contributed by atoms with E-state index in [-0.39, 0.29) is 0 Å². The Kier molecular flexibility index (Phi) is 5.96. The van der Waals surface area contributed by atoms with Crippen LogP contribution >= 0.6 is 0 Å². The standard InChI is InChI=1S/C23H30N10/c1-15-11-22(30-29-15)27-21-14-20(19-7-10-32(2)31-19)26-23(28-21)25-16-12-17-5-3-6-18(13-16)33(17)9-4-8-24/h7,10-11,14,16-18H,3-6,9,12-13H2,1-2H3,(H3,25,26,27,28,29,30)/t16?,17-,18+. The summed E-state index contributed by atoms with van der Waals surface area (Å²) in [5.41, 5.74) is 2.53. The Morgan fingerprint density at radius 1 is 1.15 bits per heavy atom. The molecular weight excluding hydrogens is 416 g/mol. The lowest BCUT2D eigenvalue weighted by Gasteiger charge is -2.48. The predicted molar refractivity (Wildman–Crippen MR) is 126 cm³/mol. The smallest absolute Gasteiger partial charge is 0.225 e. The summed E-state index contributed by atoms with van der Waals surface area (Å²) in [6.45, 7) is 2.84. The van der Waals surface area contributed by atoms with Gasteiger partial charge in [-0.25, -0.2) is 4.98 Å². The van der Waals surface area contributed by atoms with Crippen molar-refractivity contribution in [1.29, 1.82) is 5.26 Å². The number of anilines is 3. The van der Waals surface area contributed by atoms with E-state index in [2.05, 4.69) is 36.9 Å². The highest BCUT2D eigenvalue weighted by molar-refractivity contribution is 5.64. The van der Waals surface area contributed by atoms with Gasteiger partial charge in [-0.3, -0.25) is 14.7 Å². The van der Waals surface area contributed by atoms with Crippen molar-refractivity contribution in [3.63, 3.8) is 0 Å². The topological polar surface area (TPSA) is 123 Å². The molecule has 3 aromatic rings. The maximum Gasteiger partial charge on any atom is 0.225 e. The maximum atomic E-state index is 9.04. The van der Waals surface area contributed by atoms with Crippen LogP contribution in [0.1, 0.15) is 44.2 Å². The molecule has 2 saturated heterocycles. The van der Waals surface area contributed by atoms with E-state index in [1.807, 2.05) is 38.4 Å². The summed E-state index contributed by atoms with van der Waals surface area (Å²) >= 11 is 0. The number of fused-ring (bicyclic) bond motifs is 2. The average Bonchev–Trinajstić information content (AvgIpc) is 3.40. The Labute approximate surface area is 193 Å². The minimum Gasteiger partial charge on any atom is -0.351 e. The quantitative estimate of drug-likeness (QED) is 0.505. The number of nitriles is 1. The van der Waals surface area contributed by atoms with E-state index < -0.39 is 0 Å². The Bertz CT molecular complexity index is 1130.